The van der Waals surface area contributed by atoms with Crippen molar-refractivity contribution >= 4 is 5.91 Å². The molecular formula is C14H18FNO. The third-order valence-corrected chi connectivity index (χ3v) is 2.77. The molecule has 0 atom stereocenters. The van der Waals surface area contributed by atoms with Gasteiger partial charge in [-0.15, -0.1) is 6.58 Å². The molecule has 92 valence electrons. The lowest BCUT2D eigenvalue weighted by Gasteiger charge is -2.26. The normalized spacial score (nSPS) is 11.1. The minimum Gasteiger partial charge on any atom is -0.341 e. The molecule has 0 bridgehead atoms. The van der Waals surface area contributed by atoms with Gasteiger partial charge in [-0.2, -0.15) is 0 Å². The highest BCUT2D eigenvalue weighted by molar-refractivity contribution is 5.83. The molecule has 0 N–H and O–H groups in total. The smallest absolute Gasteiger partial charge is 0.232 e. The first-order valence-electron chi connectivity index (χ1n) is 5.51. The van der Waals surface area contributed by atoms with Gasteiger partial charge in [-0.05, 0) is 19.9 Å². The highest BCUT2D eigenvalue weighted by atomic mass is 19.1. The van der Waals surface area contributed by atoms with Crippen molar-refractivity contribution in [2.75, 3.05) is 7.05 Å². The Kier molecular flexibility index (Phi) is 4.05. The Labute approximate surface area is 102 Å². The van der Waals surface area contributed by atoms with E-state index in [9.17, 15) is 9.18 Å². The summed E-state index contributed by atoms with van der Waals surface area (Å²) >= 11 is 0. The van der Waals surface area contributed by atoms with E-state index in [1.165, 1.54) is 11.0 Å². The van der Waals surface area contributed by atoms with Crippen molar-refractivity contribution in [1.29, 1.82) is 0 Å². The fourth-order valence-electron chi connectivity index (χ4n) is 1.53. The summed E-state index contributed by atoms with van der Waals surface area (Å²) < 4.78 is 13.4. The topological polar surface area (TPSA) is 20.3 Å². The van der Waals surface area contributed by atoms with Crippen molar-refractivity contribution in [1.82, 2.24) is 4.90 Å². The zero-order valence-electron chi connectivity index (χ0n) is 10.5. The molecule has 0 aliphatic rings. The molecule has 0 aliphatic heterocycles. The minimum atomic E-state index is -0.625. The molecule has 0 unspecified atom stereocenters. The van der Waals surface area contributed by atoms with E-state index in [0.717, 1.165) is 0 Å². The van der Waals surface area contributed by atoms with Crippen LogP contribution in [0.3, 0.4) is 0 Å². The Bertz CT molecular complexity index is 426. The quantitative estimate of drug-likeness (QED) is 0.735. The fraction of sp³-hybridized carbons (Fsp3) is 0.357. The molecule has 2 nitrogen and oxygen atoms in total. The molecule has 0 spiro atoms. The molecule has 0 heterocycles. The van der Waals surface area contributed by atoms with Crippen LogP contribution in [0.2, 0.25) is 0 Å². The van der Waals surface area contributed by atoms with Crippen molar-refractivity contribution < 1.29 is 9.18 Å². The third-order valence-electron chi connectivity index (χ3n) is 2.77. The number of benzene rings is 1. The summed E-state index contributed by atoms with van der Waals surface area (Å²) in [7, 11) is 1.67. The molecule has 0 saturated carbocycles. The molecule has 17 heavy (non-hydrogen) atoms. The van der Waals surface area contributed by atoms with Gasteiger partial charge in [0.2, 0.25) is 5.91 Å². The fourth-order valence-corrected chi connectivity index (χ4v) is 1.53. The van der Waals surface area contributed by atoms with E-state index in [1.54, 1.807) is 45.2 Å². The van der Waals surface area contributed by atoms with Crippen LogP contribution < -0.4 is 0 Å². The molecule has 0 radical (unpaired) electrons. The summed E-state index contributed by atoms with van der Waals surface area (Å²) in [5, 5.41) is 0. The van der Waals surface area contributed by atoms with Crippen LogP contribution in [0.25, 0.3) is 0 Å². The van der Waals surface area contributed by atoms with Gasteiger partial charge in [0.05, 0.1) is 5.41 Å². The van der Waals surface area contributed by atoms with E-state index in [-0.39, 0.29) is 18.3 Å². The molecule has 0 saturated heterocycles. The maximum absolute atomic E-state index is 13.4. The molecule has 1 amide bonds. The predicted octanol–water partition coefficient (Wildman–Crippen LogP) is 3.00. The first-order valence-corrected chi connectivity index (χ1v) is 5.51. The first-order chi connectivity index (χ1) is 7.88. The molecule has 1 aromatic rings. The number of carbonyl (C=O) groups excluding carboxylic acids is 1. The molecule has 1 rings (SSSR count). The van der Waals surface area contributed by atoms with E-state index in [4.69, 9.17) is 0 Å². The minimum absolute atomic E-state index is 0.0734. The molecule has 0 aliphatic carbocycles. The standard InChI is InChI=1S/C14H18FNO/c1-5-14(2,3)13(17)16(4)10-11-8-6-7-9-12(11)15/h5-9H,1,10H2,2-4H3. The van der Waals surface area contributed by atoms with Crippen molar-refractivity contribution in [2.45, 2.75) is 20.4 Å². The molecule has 0 aromatic heterocycles. The summed E-state index contributed by atoms with van der Waals surface area (Å²) in [5.41, 5.74) is -0.108. The van der Waals surface area contributed by atoms with E-state index in [1.807, 2.05) is 0 Å². The Morgan fingerprint density at radius 1 is 1.47 bits per heavy atom. The summed E-state index contributed by atoms with van der Waals surface area (Å²) in [6.45, 7) is 7.49. The zero-order chi connectivity index (χ0) is 13.1. The predicted molar refractivity (Wildman–Crippen MR) is 66.9 cm³/mol. The Morgan fingerprint density at radius 3 is 2.59 bits per heavy atom. The van der Waals surface area contributed by atoms with Crippen molar-refractivity contribution in [3.8, 4) is 0 Å². The number of hydrogen-bond acceptors (Lipinski definition) is 1. The third kappa shape index (κ3) is 3.16. The maximum Gasteiger partial charge on any atom is 0.232 e. The van der Waals surface area contributed by atoms with Crippen LogP contribution in [0.5, 0.6) is 0 Å². The van der Waals surface area contributed by atoms with E-state index < -0.39 is 5.41 Å². The molecule has 3 heteroatoms. The maximum atomic E-state index is 13.4. The van der Waals surface area contributed by atoms with Crippen molar-refractivity contribution in [2.24, 2.45) is 5.41 Å². The Balaban J connectivity index is 2.80. The number of rotatable bonds is 4. The van der Waals surface area contributed by atoms with Gasteiger partial charge >= 0.3 is 0 Å². The monoisotopic (exact) mass is 235 g/mol. The van der Waals surface area contributed by atoms with Crippen molar-refractivity contribution in [3.05, 3.63) is 48.3 Å². The summed E-state index contributed by atoms with van der Waals surface area (Å²) in [6, 6.07) is 6.47. The zero-order valence-corrected chi connectivity index (χ0v) is 10.5. The average molecular weight is 235 g/mol. The number of halogens is 1. The molecule has 0 fully saturated rings. The van der Waals surface area contributed by atoms with Crippen LogP contribution in [0.4, 0.5) is 4.39 Å². The summed E-state index contributed by atoms with van der Waals surface area (Å²) in [6.07, 6.45) is 1.60. The SMILES string of the molecule is C=CC(C)(C)C(=O)N(C)Cc1ccccc1F. The number of amides is 1. The van der Waals surface area contributed by atoms with E-state index >= 15 is 0 Å². The van der Waals surface area contributed by atoms with E-state index in [2.05, 4.69) is 6.58 Å². The van der Waals surface area contributed by atoms with Gasteiger partial charge in [0.15, 0.2) is 0 Å². The lowest BCUT2D eigenvalue weighted by Crippen LogP contribution is -2.36. The largest absolute Gasteiger partial charge is 0.341 e. The number of nitrogens with zero attached hydrogens (tertiary/aromatic N) is 1. The number of hydrogen-bond donors (Lipinski definition) is 0. The number of carbonyl (C=O) groups is 1. The second-order valence-electron chi connectivity index (χ2n) is 4.68. The molecular weight excluding hydrogens is 217 g/mol. The van der Waals surface area contributed by atoms with Crippen LogP contribution in [-0.4, -0.2) is 17.9 Å². The Morgan fingerprint density at radius 2 is 2.06 bits per heavy atom. The van der Waals surface area contributed by atoms with Gasteiger partial charge < -0.3 is 4.90 Å². The highest BCUT2D eigenvalue weighted by Gasteiger charge is 2.27. The van der Waals surface area contributed by atoms with Gasteiger partial charge in [-0.25, -0.2) is 4.39 Å². The van der Waals surface area contributed by atoms with Gasteiger partial charge in [0.25, 0.3) is 0 Å². The molecule has 1 aromatic carbocycles. The van der Waals surface area contributed by atoms with Crippen LogP contribution in [-0.2, 0) is 11.3 Å². The van der Waals surface area contributed by atoms with Crippen LogP contribution in [0.1, 0.15) is 19.4 Å². The average Bonchev–Trinajstić information content (AvgIpc) is 2.31. The van der Waals surface area contributed by atoms with Crippen LogP contribution in [0, 0.1) is 11.2 Å². The van der Waals surface area contributed by atoms with Gasteiger partial charge in [0.1, 0.15) is 5.82 Å². The van der Waals surface area contributed by atoms with E-state index in [0.29, 0.717) is 5.56 Å². The summed E-state index contributed by atoms with van der Waals surface area (Å²) in [5.74, 6) is -0.362. The van der Waals surface area contributed by atoms with Gasteiger partial charge in [-0.3, -0.25) is 4.79 Å². The lowest BCUT2D eigenvalue weighted by atomic mass is 9.92. The first kappa shape index (κ1) is 13.4. The van der Waals surface area contributed by atoms with Gasteiger partial charge in [0, 0.05) is 19.2 Å². The Hall–Kier alpha value is -1.64. The van der Waals surface area contributed by atoms with Crippen LogP contribution in [0.15, 0.2) is 36.9 Å². The second kappa shape index (κ2) is 5.13. The van der Waals surface area contributed by atoms with Crippen LogP contribution >= 0.6 is 0 Å². The second-order valence-corrected chi connectivity index (χ2v) is 4.68. The van der Waals surface area contributed by atoms with Gasteiger partial charge in [-0.1, -0.05) is 24.3 Å². The summed E-state index contributed by atoms with van der Waals surface area (Å²) in [4.78, 5) is 13.6. The van der Waals surface area contributed by atoms with Crippen molar-refractivity contribution in [3.63, 3.8) is 0 Å². The lowest BCUT2D eigenvalue weighted by molar-refractivity contribution is -0.137. The highest BCUT2D eigenvalue weighted by Crippen LogP contribution is 2.20.